The highest BCUT2D eigenvalue weighted by molar-refractivity contribution is 5.92. The van der Waals surface area contributed by atoms with Gasteiger partial charge in [-0.2, -0.15) is 0 Å². The van der Waals surface area contributed by atoms with Crippen LogP contribution in [-0.2, 0) is 18.3 Å². The van der Waals surface area contributed by atoms with Crippen LogP contribution in [0, 0.1) is 11.8 Å². The van der Waals surface area contributed by atoms with Gasteiger partial charge in [0, 0.05) is 32.3 Å². The number of aryl methyl sites for hydroxylation is 1. The Kier molecular flexibility index (Phi) is 4.63. The Morgan fingerprint density at radius 2 is 2.28 bits per heavy atom. The van der Waals surface area contributed by atoms with E-state index < -0.39 is 0 Å². The maximum atomic E-state index is 12.3. The van der Waals surface area contributed by atoms with Gasteiger partial charge in [-0.1, -0.05) is 0 Å². The maximum absolute atomic E-state index is 12.3. The number of amides is 1. The average molecular weight is 343 g/mol. The number of carbonyl (C=O) groups is 1. The van der Waals surface area contributed by atoms with Gasteiger partial charge in [0.15, 0.2) is 0 Å². The molecule has 2 aliphatic heterocycles. The molecule has 2 fully saturated rings. The first kappa shape index (κ1) is 16.4. The Morgan fingerprint density at radius 3 is 3.04 bits per heavy atom. The fourth-order valence-corrected chi connectivity index (χ4v) is 4.06. The number of carbonyl (C=O) groups excluding carboxylic acids is 1. The van der Waals surface area contributed by atoms with Gasteiger partial charge in [-0.25, -0.2) is 0 Å². The van der Waals surface area contributed by atoms with Gasteiger partial charge in [0.2, 0.25) is 0 Å². The van der Waals surface area contributed by atoms with Gasteiger partial charge in [-0.3, -0.25) is 9.69 Å². The molecule has 2 aliphatic rings. The number of likely N-dealkylation sites (tertiary alicyclic amines) is 1. The van der Waals surface area contributed by atoms with Crippen molar-refractivity contribution in [3.63, 3.8) is 0 Å². The van der Waals surface area contributed by atoms with Crippen molar-refractivity contribution >= 4 is 5.91 Å². The number of ether oxygens (including phenoxy) is 1. The molecule has 3 atom stereocenters. The third-order valence-electron chi connectivity index (χ3n) is 5.49. The summed E-state index contributed by atoms with van der Waals surface area (Å²) in [6, 6.07) is 7.67. The van der Waals surface area contributed by atoms with Crippen molar-refractivity contribution < 1.29 is 13.9 Å². The number of rotatable bonds is 5. The van der Waals surface area contributed by atoms with Crippen molar-refractivity contribution in [2.24, 2.45) is 18.9 Å². The molecule has 0 aliphatic carbocycles. The summed E-state index contributed by atoms with van der Waals surface area (Å²) in [5, 5.41) is 3.04. The largest absolute Gasteiger partial charge is 0.468 e. The summed E-state index contributed by atoms with van der Waals surface area (Å²) in [5.41, 5.74) is 0.678. The maximum Gasteiger partial charge on any atom is 0.267 e. The van der Waals surface area contributed by atoms with E-state index >= 15 is 0 Å². The molecule has 134 valence electrons. The fraction of sp³-hybridized carbons (Fsp3) is 0.526. The lowest BCUT2D eigenvalue weighted by Gasteiger charge is -2.35. The van der Waals surface area contributed by atoms with E-state index in [1.165, 1.54) is 0 Å². The van der Waals surface area contributed by atoms with Gasteiger partial charge in [0.05, 0.1) is 25.5 Å². The molecule has 0 bridgehead atoms. The Bertz CT molecular complexity index is 709. The van der Waals surface area contributed by atoms with Gasteiger partial charge in [-0.15, -0.1) is 0 Å². The van der Waals surface area contributed by atoms with E-state index in [9.17, 15) is 4.79 Å². The summed E-state index contributed by atoms with van der Waals surface area (Å²) < 4.78 is 13.3. The molecule has 6 heteroatoms. The molecule has 0 aromatic carbocycles. The zero-order valence-corrected chi connectivity index (χ0v) is 14.6. The number of fused-ring (bicyclic) bond motifs is 1. The van der Waals surface area contributed by atoms with Crippen molar-refractivity contribution in [2.75, 3.05) is 26.2 Å². The molecule has 2 saturated heterocycles. The molecule has 0 spiro atoms. The van der Waals surface area contributed by atoms with Crippen LogP contribution >= 0.6 is 0 Å². The van der Waals surface area contributed by atoms with Crippen molar-refractivity contribution in [1.82, 2.24) is 14.8 Å². The van der Waals surface area contributed by atoms with E-state index in [-0.39, 0.29) is 12.0 Å². The van der Waals surface area contributed by atoms with E-state index in [0.29, 0.717) is 24.1 Å². The van der Waals surface area contributed by atoms with Gasteiger partial charge in [0.25, 0.3) is 5.91 Å². The Hall–Kier alpha value is -2.05. The Labute approximate surface area is 147 Å². The third kappa shape index (κ3) is 3.50. The zero-order valence-electron chi connectivity index (χ0n) is 14.6. The highest BCUT2D eigenvalue weighted by atomic mass is 16.5. The summed E-state index contributed by atoms with van der Waals surface area (Å²) in [7, 11) is 1.88. The Morgan fingerprint density at radius 1 is 1.36 bits per heavy atom. The van der Waals surface area contributed by atoms with Gasteiger partial charge >= 0.3 is 0 Å². The van der Waals surface area contributed by atoms with Crippen molar-refractivity contribution in [3.8, 4) is 0 Å². The molecular formula is C19H25N3O3. The lowest BCUT2D eigenvalue weighted by Crippen LogP contribution is -2.45. The normalized spacial score (nSPS) is 26.5. The number of hydrogen-bond donors (Lipinski definition) is 1. The SMILES string of the molecule is Cn1cccc1C(=O)NC[C@H]1OC[C@@H]2CCN(Cc3ccco3)C[C@@H]21. The molecule has 1 amide bonds. The summed E-state index contributed by atoms with van der Waals surface area (Å²) in [6.07, 6.45) is 4.84. The molecule has 0 radical (unpaired) electrons. The average Bonchev–Trinajstić information content (AvgIpc) is 3.34. The molecule has 0 unspecified atom stereocenters. The number of nitrogens with zero attached hydrogens (tertiary/aromatic N) is 2. The third-order valence-corrected chi connectivity index (χ3v) is 5.49. The second-order valence-electron chi connectivity index (χ2n) is 7.11. The van der Waals surface area contributed by atoms with Crippen LogP contribution in [0.1, 0.15) is 22.7 Å². The number of piperidine rings is 1. The summed E-state index contributed by atoms with van der Waals surface area (Å²) in [5.74, 6) is 2.04. The van der Waals surface area contributed by atoms with Crippen molar-refractivity contribution in [1.29, 1.82) is 0 Å². The summed E-state index contributed by atoms with van der Waals surface area (Å²) in [4.78, 5) is 14.7. The van der Waals surface area contributed by atoms with E-state index in [1.54, 1.807) is 6.26 Å². The van der Waals surface area contributed by atoms with Crippen LogP contribution in [0.2, 0.25) is 0 Å². The number of aromatic nitrogens is 1. The van der Waals surface area contributed by atoms with Crippen molar-refractivity contribution in [2.45, 2.75) is 19.1 Å². The van der Waals surface area contributed by atoms with Crippen LogP contribution in [0.4, 0.5) is 0 Å². The zero-order chi connectivity index (χ0) is 17.2. The number of hydrogen-bond acceptors (Lipinski definition) is 4. The molecule has 4 heterocycles. The summed E-state index contributed by atoms with van der Waals surface area (Å²) in [6.45, 7) is 4.30. The highest BCUT2D eigenvalue weighted by Gasteiger charge is 2.41. The second kappa shape index (κ2) is 7.06. The van der Waals surface area contributed by atoms with Crippen LogP contribution in [0.5, 0.6) is 0 Å². The molecule has 0 saturated carbocycles. The van der Waals surface area contributed by atoms with Crippen LogP contribution < -0.4 is 5.32 Å². The quantitative estimate of drug-likeness (QED) is 0.901. The van der Waals surface area contributed by atoms with Crippen molar-refractivity contribution in [3.05, 3.63) is 48.2 Å². The molecular weight excluding hydrogens is 318 g/mol. The Balaban J connectivity index is 1.33. The molecule has 2 aromatic rings. The van der Waals surface area contributed by atoms with Crippen LogP contribution in [-0.4, -0.2) is 47.7 Å². The first-order valence-electron chi connectivity index (χ1n) is 8.96. The standard InChI is InChI=1S/C19H25N3O3/c1-21-7-2-5-17(21)19(23)20-10-18-16-12-22(8-6-14(16)13-25-18)11-15-4-3-9-24-15/h2-5,7,9,14,16,18H,6,8,10-13H2,1H3,(H,20,23)/t14-,16-,18+/m0/s1. The number of nitrogens with one attached hydrogen (secondary N) is 1. The molecule has 25 heavy (non-hydrogen) atoms. The molecule has 2 aromatic heterocycles. The predicted octanol–water partition coefficient (Wildman–Crippen LogP) is 1.88. The molecule has 6 nitrogen and oxygen atoms in total. The highest BCUT2D eigenvalue weighted by Crippen LogP contribution is 2.34. The van der Waals surface area contributed by atoms with E-state index in [1.807, 2.05) is 42.1 Å². The van der Waals surface area contributed by atoms with E-state index in [2.05, 4.69) is 10.2 Å². The summed E-state index contributed by atoms with van der Waals surface area (Å²) >= 11 is 0. The topological polar surface area (TPSA) is 59.6 Å². The minimum absolute atomic E-state index is 0.0391. The van der Waals surface area contributed by atoms with E-state index in [0.717, 1.165) is 38.4 Å². The minimum Gasteiger partial charge on any atom is -0.468 e. The second-order valence-corrected chi connectivity index (χ2v) is 7.11. The van der Waals surface area contributed by atoms with Gasteiger partial charge < -0.3 is 19.0 Å². The van der Waals surface area contributed by atoms with Crippen LogP contribution in [0.25, 0.3) is 0 Å². The number of furan rings is 1. The monoisotopic (exact) mass is 343 g/mol. The van der Waals surface area contributed by atoms with Gasteiger partial charge in [-0.05, 0) is 43.1 Å². The smallest absolute Gasteiger partial charge is 0.267 e. The minimum atomic E-state index is -0.0391. The first-order chi connectivity index (χ1) is 12.2. The van der Waals surface area contributed by atoms with Gasteiger partial charge in [0.1, 0.15) is 11.5 Å². The lowest BCUT2D eigenvalue weighted by atomic mass is 9.84. The van der Waals surface area contributed by atoms with Crippen LogP contribution in [0.15, 0.2) is 41.1 Å². The molecule has 1 N–H and O–H groups in total. The fourth-order valence-electron chi connectivity index (χ4n) is 4.06. The van der Waals surface area contributed by atoms with Crippen LogP contribution in [0.3, 0.4) is 0 Å². The lowest BCUT2D eigenvalue weighted by molar-refractivity contribution is 0.0663. The molecule has 4 rings (SSSR count). The predicted molar refractivity (Wildman–Crippen MR) is 93.1 cm³/mol. The van der Waals surface area contributed by atoms with E-state index in [4.69, 9.17) is 9.15 Å². The first-order valence-corrected chi connectivity index (χ1v) is 8.96.